The van der Waals surface area contributed by atoms with Crippen LogP contribution in [0.25, 0.3) is 11.0 Å². The molecule has 0 aliphatic heterocycles. The molecule has 30 heavy (non-hydrogen) atoms. The number of amides is 1. The molecule has 2 aromatic heterocycles. The molecule has 4 aromatic rings. The van der Waals surface area contributed by atoms with E-state index in [1.807, 2.05) is 48.9 Å². The number of fused-ring (bicyclic) bond motifs is 1. The van der Waals surface area contributed by atoms with Crippen molar-refractivity contribution in [1.82, 2.24) is 14.5 Å². The van der Waals surface area contributed by atoms with E-state index in [0.717, 1.165) is 20.3 Å². The number of hydrogen-bond acceptors (Lipinski definition) is 5. The van der Waals surface area contributed by atoms with E-state index >= 15 is 0 Å². The topological polar surface area (TPSA) is 95.6 Å². The smallest absolute Gasteiger partial charge is 0.256 e. The molecule has 1 amide bonds. The Morgan fingerprint density at radius 3 is 2.80 bits per heavy atom. The van der Waals surface area contributed by atoms with Gasteiger partial charge in [-0.25, -0.2) is 9.97 Å². The van der Waals surface area contributed by atoms with E-state index in [2.05, 4.69) is 43.2 Å². The van der Waals surface area contributed by atoms with Gasteiger partial charge in [0.1, 0.15) is 5.82 Å². The van der Waals surface area contributed by atoms with Crippen molar-refractivity contribution in [1.29, 1.82) is 5.26 Å². The molecule has 2 aromatic carbocycles. The number of carbonyl (C=O) groups excluding carboxylic acids is 1. The third-order valence-corrected chi connectivity index (χ3v) is 5.63. The summed E-state index contributed by atoms with van der Waals surface area (Å²) in [7, 11) is 1.93. The average Bonchev–Trinajstić information content (AvgIpc) is 3.05. The Bertz CT molecular complexity index is 1300. The van der Waals surface area contributed by atoms with Gasteiger partial charge in [-0.3, -0.25) is 4.79 Å². The standard InChI is InChI=1S/C22H17IN6O/c1-13-4-3-5-16(23)20(13)28-22-26-17-11-15(6-7-18(17)29(22)2)21(30)27-19-10-14(12-24)8-9-25-19/h3-11H,1-2H3,(H,26,28)(H,25,27,30). The number of benzene rings is 2. The highest BCUT2D eigenvalue weighted by Gasteiger charge is 2.14. The van der Waals surface area contributed by atoms with Crippen LogP contribution in [0.5, 0.6) is 0 Å². The Hall–Kier alpha value is -3.45. The quantitative estimate of drug-likeness (QED) is 0.388. The lowest BCUT2D eigenvalue weighted by Crippen LogP contribution is -2.13. The van der Waals surface area contributed by atoms with Gasteiger partial charge in [0, 0.05) is 22.4 Å². The molecule has 0 radical (unpaired) electrons. The van der Waals surface area contributed by atoms with Gasteiger partial charge in [-0.15, -0.1) is 0 Å². The molecule has 4 rings (SSSR count). The number of anilines is 3. The first-order valence-electron chi connectivity index (χ1n) is 9.12. The summed E-state index contributed by atoms with van der Waals surface area (Å²) in [4.78, 5) is 21.4. The number of nitrogens with one attached hydrogen (secondary N) is 2. The number of halogens is 1. The molecule has 2 N–H and O–H groups in total. The van der Waals surface area contributed by atoms with Crippen LogP contribution in [0.3, 0.4) is 0 Å². The van der Waals surface area contributed by atoms with Crippen molar-refractivity contribution in [2.75, 3.05) is 10.6 Å². The molecule has 0 fully saturated rings. The first-order valence-corrected chi connectivity index (χ1v) is 10.2. The zero-order chi connectivity index (χ0) is 21.3. The molecule has 148 valence electrons. The van der Waals surface area contributed by atoms with E-state index in [-0.39, 0.29) is 5.91 Å². The fourth-order valence-corrected chi connectivity index (χ4v) is 3.88. The molecule has 0 aliphatic carbocycles. The third kappa shape index (κ3) is 3.84. The lowest BCUT2D eigenvalue weighted by atomic mass is 10.2. The molecule has 2 heterocycles. The molecule has 0 saturated heterocycles. The number of nitrogens with zero attached hydrogens (tertiary/aromatic N) is 4. The van der Waals surface area contributed by atoms with Crippen molar-refractivity contribution in [2.45, 2.75) is 6.92 Å². The van der Waals surface area contributed by atoms with Crippen molar-refractivity contribution < 1.29 is 4.79 Å². The molecule has 0 saturated carbocycles. The van der Waals surface area contributed by atoms with Gasteiger partial charge in [-0.05, 0) is 71.5 Å². The van der Waals surface area contributed by atoms with E-state index in [1.54, 1.807) is 18.2 Å². The Labute approximate surface area is 186 Å². The summed E-state index contributed by atoms with van der Waals surface area (Å²) in [5, 5.41) is 15.1. The van der Waals surface area contributed by atoms with E-state index < -0.39 is 0 Å². The Kier molecular flexibility index (Phi) is 5.37. The van der Waals surface area contributed by atoms with Gasteiger partial charge in [0.2, 0.25) is 5.95 Å². The van der Waals surface area contributed by atoms with Crippen LogP contribution in [-0.4, -0.2) is 20.4 Å². The van der Waals surface area contributed by atoms with Crippen LogP contribution in [0.1, 0.15) is 21.5 Å². The highest BCUT2D eigenvalue weighted by atomic mass is 127. The van der Waals surface area contributed by atoms with Gasteiger partial charge in [0.25, 0.3) is 5.91 Å². The van der Waals surface area contributed by atoms with Gasteiger partial charge < -0.3 is 15.2 Å². The second kappa shape index (κ2) is 8.12. The maximum absolute atomic E-state index is 12.6. The predicted octanol–water partition coefficient (Wildman–Crippen LogP) is 4.75. The number of para-hydroxylation sites is 1. The van der Waals surface area contributed by atoms with E-state index in [0.29, 0.717) is 28.4 Å². The van der Waals surface area contributed by atoms with Gasteiger partial charge in [-0.2, -0.15) is 5.26 Å². The first kappa shape index (κ1) is 19.8. The summed E-state index contributed by atoms with van der Waals surface area (Å²) >= 11 is 2.29. The minimum atomic E-state index is -0.312. The maximum Gasteiger partial charge on any atom is 0.256 e. The molecule has 8 heteroatoms. The van der Waals surface area contributed by atoms with E-state index in [9.17, 15) is 4.79 Å². The number of hydrogen-bond donors (Lipinski definition) is 2. The number of rotatable bonds is 4. The fraction of sp³-hybridized carbons (Fsp3) is 0.0909. The minimum absolute atomic E-state index is 0.312. The highest BCUT2D eigenvalue weighted by molar-refractivity contribution is 14.1. The van der Waals surface area contributed by atoms with Gasteiger partial charge in [-0.1, -0.05) is 12.1 Å². The zero-order valence-corrected chi connectivity index (χ0v) is 18.4. The monoisotopic (exact) mass is 508 g/mol. The Morgan fingerprint density at radius 1 is 1.20 bits per heavy atom. The normalized spacial score (nSPS) is 10.6. The number of nitriles is 1. The molecule has 0 unspecified atom stereocenters. The van der Waals surface area contributed by atoms with Gasteiger partial charge in [0.15, 0.2) is 0 Å². The Morgan fingerprint density at radius 2 is 2.03 bits per heavy atom. The fourth-order valence-electron chi connectivity index (χ4n) is 3.11. The summed E-state index contributed by atoms with van der Waals surface area (Å²) in [6, 6.07) is 16.6. The summed E-state index contributed by atoms with van der Waals surface area (Å²) in [6.45, 7) is 2.05. The van der Waals surface area contributed by atoms with Crippen molar-refractivity contribution in [2.24, 2.45) is 7.05 Å². The number of pyridine rings is 1. The van der Waals surface area contributed by atoms with Crippen LogP contribution >= 0.6 is 22.6 Å². The first-order chi connectivity index (χ1) is 14.5. The molecular formula is C22H17IN6O. The van der Waals surface area contributed by atoms with Crippen molar-refractivity contribution >= 4 is 57.0 Å². The van der Waals surface area contributed by atoms with E-state index in [1.165, 1.54) is 12.3 Å². The molecule has 7 nitrogen and oxygen atoms in total. The molecule has 0 atom stereocenters. The summed E-state index contributed by atoms with van der Waals surface area (Å²) < 4.78 is 3.06. The SMILES string of the molecule is Cc1cccc(I)c1Nc1nc2cc(C(=O)Nc3cc(C#N)ccn3)ccc2n1C. The van der Waals surface area contributed by atoms with E-state index in [4.69, 9.17) is 5.26 Å². The molecule has 0 bridgehead atoms. The van der Waals surface area contributed by atoms with Gasteiger partial charge >= 0.3 is 0 Å². The number of carbonyl (C=O) groups is 1. The Balaban J connectivity index is 1.63. The summed E-state index contributed by atoms with van der Waals surface area (Å²) in [6.07, 6.45) is 1.49. The average molecular weight is 508 g/mol. The van der Waals surface area contributed by atoms with Crippen LogP contribution in [0.15, 0.2) is 54.7 Å². The highest BCUT2D eigenvalue weighted by Crippen LogP contribution is 2.28. The van der Waals surface area contributed by atoms with Crippen molar-refractivity contribution in [3.05, 3.63) is 75.0 Å². The zero-order valence-electron chi connectivity index (χ0n) is 16.3. The lowest BCUT2D eigenvalue weighted by molar-refractivity contribution is 0.102. The predicted molar refractivity (Wildman–Crippen MR) is 125 cm³/mol. The number of imidazole rings is 1. The second-order valence-corrected chi connectivity index (χ2v) is 7.91. The lowest BCUT2D eigenvalue weighted by Gasteiger charge is -2.11. The number of aromatic nitrogens is 3. The van der Waals surface area contributed by atoms with Crippen LogP contribution < -0.4 is 10.6 Å². The van der Waals surface area contributed by atoms with Crippen molar-refractivity contribution in [3.63, 3.8) is 0 Å². The second-order valence-electron chi connectivity index (χ2n) is 6.75. The maximum atomic E-state index is 12.6. The largest absolute Gasteiger partial charge is 0.324 e. The van der Waals surface area contributed by atoms with Crippen LogP contribution in [0, 0.1) is 21.8 Å². The summed E-state index contributed by atoms with van der Waals surface area (Å²) in [5.41, 5.74) is 4.64. The summed E-state index contributed by atoms with van der Waals surface area (Å²) in [5.74, 6) is 0.711. The van der Waals surface area contributed by atoms with Gasteiger partial charge in [0.05, 0.1) is 28.4 Å². The molecule has 0 aliphatic rings. The van der Waals surface area contributed by atoms with Crippen LogP contribution in [0.2, 0.25) is 0 Å². The third-order valence-electron chi connectivity index (χ3n) is 4.73. The molecular weight excluding hydrogens is 491 g/mol. The van der Waals surface area contributed by atoms with Crippen LogP contribution in [0.4, 0.5) is 17.5 Å². The number of aryl methyl sites for hydroxylation is 2. The van der Waals surface area contributed by atoms with Crippen molar-refractivity contribution in [3.8, 4) is 6.07 Å². The van der Waals surface area contributed by atoms with Crippen LogP contribution in [-0.2, 0) is 7.05 Å². The molecule has 0 spiro atoms. The minimum Gasteiger partial charge on any atom is -0.324 e.